The van der Waals surface area contributed by atoms with Gasteiger partial charge in [-0.2, -0.15) is 0 Å². The van der Waals surface area contributed by atoms with Gasteiger partial charge in [-0.25, -0.2) is 4.98 Å². The third kappa shape index (κ3) is 2.78. The monoisotopic (exact) mass is 303 g/mol. The lowest BCUT2D eigenvalue weighted by molar-refractivity contribution is -0.138. The Labute approximate surface area is 127 Å². The Hall–Kier alpha value is -1.88. The lowest BCUT2D eigenvalue weighted by Crippen LogP contribution is -2.08. The predicted octanol–water partition coefficient (Wildman–Crippen LogP) is 3.71. The maximum atomic E-state index is 11.2. The van der Waals surface area contributed by atoms with Crippen LogP contribution in [0.2, 0.25) is 0 Å². The molecule has 110 valence electrons. The smallest absolute Gasteiger partial charge is 0.312 e. The van der Waals surface area contributed by atoms with Crippen LogP contribution in [0.15, 0.2) is 24.3 Å². The minimum absolute atomic E-state index is 0.123. The number of ether oxygens (including phenoxy) is 1. The first-order chi connectivity index (χ1) is 10.0. The molecule has 0 saturated carbocycles. The Morgan fingerprint density at radius 3 is 3.00 bits per heavy atom. The molecule has 3 rings (SSSR count). The minimum Gasteiger partial charge on any atom is -0.491 e. The first-order valence-corrected chi connectivity index (χ1v) is 7.85. The van der Waals surface area contributed by atoms with Crippen molar-refractivity contribution in [3.8, 4) is 16.3 Å². The predicted molar refractivity (Wildman–Crippen MR) is 82.0 cm³/mol. The van der Waals surface area contributed by atoms with Crippen LogP contribution in [-0.4, -0.2) is 22.2 Å². The maximum Gasteiger partial charge on any atom is 0.312 e. The number of carboxylic acid groups (broad SMARTS) is 1. The molecular formula is C16H17NO3S. The molecule has 0 spiro atoms. The maximum absolute atomic E-state index is 11.2. The molecule has 0 saturated heterocycles. The molecule has 0 fully saturated rings. The molecular weight excluding hydrogens is 286 g/mol. The Morgan fingerprint density at radius 2 is 2.29 bits per heavy atom. The number of nitrogens with zero attached hydrogens (tertiary/aromatic N) is 1. The summed E-state index contributed by atoms with van der Waals surface area (Å²) in [6, 6.07) is 7.81. The summed E-state index contributed by atoms with van der Waals surface area (Å²) in [7, 11) is 0. The fraction of sp³-hybridized carbons (Fsp3) is 0.375. The number of fused-ring (bicyclic) bond motifs is 1. The second-order valence-electron chi connectivity index (χ2n) is 5.45. The number of aliphatic carboxylic acids is 1. The molecule has 1 N–H and O–H groups in total. The zero-order chi connectivity index (χ0) is 15.0. The highest BCUT2D eigenvalue weighted by Gasteiger charge is 2.32. The zero-order valence-corrected chi connectivity index (χ0v) is 12.8. The first-order valence-electron chi connectivity index (χ1n) is 7.04. The highest BCUT2D eigenvalue weighted by molar-refractivity contribution is 7.15. The van der Waals surface area contributed by atoms with Gasteiger partial charge in [-0.15, -0.1) is 11.3 Å². The van der Waals surface area contributed by atoms with Crippen molar-refractivity contribution < 1.29 is 14.6 Å². The van der Waals surface area contributed by atoms with E-state index >= 15 is 0 Å². The van der Waals surface area contributed by atoms with Crippen LogP contribution in [0, 0.1) is 0 Å². The number of rotatable bonds is 4. The molecule has 0 bridgehead atoms. The van der Waals surface area contributed by atoms with Gasteiger partial charge in [-0.05, 0) is 38.8 Å². The Balaban J connectivity index is 1.92. The first kappa shape index (κ1) is 14.1. The van der Waals surface area contributed by atoms with Crippen molar-refractivity contribution >= 4 is 17.3 Å². The minimum atomic E-state index is -0.775. The molecule has 0 radical (unpaired) electrons. The molecule has 2 aromatic rings. The summed E-state index contributed by atoms with van der Waals surface area (Å²) in [6.45, 7) is 3.98. The normalized spacial score (nSPS) is 17.0. The van der Waals surface area contributed by atoms with Crippen molar-refractivity contribution in [2.45, 2.75) is 38.7 Å². The fourth-order valence-electron chi connectivity index (χ4n) is 2.57. The van der Waals surface area contributed by atoms with E-state index in [9.17, 15) is 9.90 Å². The van der Waals surface area contributed by atoms with Gasteiger partial charge in [0.25, 0.3) is 0 Å². The number of hydrogen-bond acceptors (Lipinski definition) is 4. The second-order valence-corrected chi connectivity index (χ2v) is 6.53. The van der Waals surface area contributed by atoms with Gasteiger partial charge < -0.3 is 9.84 Å². The molecule has 1 aliphatic carbocycles. The molecule has 1 aromatic heterocycles. The fourth-order valence-corrected chi connectivity index (χ4v) is 3.70. The van der Waals surface area contributed by atoms with E-state index in [4.69, 9.17) is 4.74 Å². The van der Waals surface area contributed by atoms with Gasteiger partial charge >= 0.3 is 5.97 Å². The Bertz CT molecular complexity index is 678. The number of thiazole rings is 1. The van der Waals surface area contributed by atoms with Gasteiger partial charge in [0.2, 0.25) is 0 Å². The van der Waals surface area contributed by atoms with Gasteiger partial charge in [0.05, 0.1) is 11.8 Å². The largest absolute Gasteiger partial charge is 0.491 e. The summed E-state index contributed by atoms with van der Waals surface area (Å²) < 4.78 is 5.70. The molecule has 1 heterocycles. The number of benzene rings is 1. The Kier molecular flexibility index (Phi) is 3.68. The van der Waals surface area contributed by atoms with E-state index in [1.165, 1.54) is 0 Å². The molecule has 0 aliphatic heterocycles. The second kappa shape index (κ2) is 5.48. The van der Waals surface area contributed by atoms with Gasteiger partial charge in [-0.3, -0.25) is 4.79 Å². The average molecular weight is 303 g/mol. The van der Waals surface area contributed by atoms with Crippen LogP contribution in [0.5, 0.6) is 5.75 Å². The average Bonchev–Trinajstić information content (AvgIpc) is 2.97. The number of carboxylic acids is 1. The number of hydrogen-bond donors (Lipinski definition) is 1. The van der Waals surface area contributed by atoms with E-state index in [1.54, 1.807) is 11.3 Å². The van der Waals surface area contributed by atoms with Crippen LogP contribution in [0.4, 0.5) is 0 Å². The van der Waals surface area contributed by atoms with Crippen molar-refractivity contribution in [2.24, 2.45) is 0 Å². The van der Waals surface area contributed by atoms with Crippen LogP contribution in [0.3, 0.4) is 0 Å². The van der Waals surface area contributed by atoms with Gasteiger partial charge in [0.1, 0.15) is 16.7 Å². The molecule has 0 amide bonds. The topological polar surface area (TPSA) is 59.4 Å². The van der Waals surface area contributed by atoms with Crippen molar-refractivity contribution in [2.75, 3.05) is 0 Å². The summed E-state index contributed by atoms with van der Waals surface area (Å²) in [4.78, 5) is 16.9. The van der Waals surface area contributed by atoms with Crippen molar-refractivity contribution in [1.82, 2.24) is 4.98 Å². The number of aryl methyl sites for hydroxylation is 1. The van der Waals surface area contributed by atoms with Crippen LogP contribution in [0.25, 0.3) is 10.6 Å². The standard InChI is InChI=1S/C16H17NO3S/c1-9(2)20-11-5-3-4-10(8-11)15-17-14-12(16(18)19)6-7-13(14)21-15/h3-5,8-9,12H,6-7H2,1-2H3,(H,18,19). The Morgan fingerprint density at radius 1 is 1.48 bits per heavy atom. The highest BCUT2D eigenvalue weighted by Crippen LogP contribution is 2.40. The molecule has 1 aliphatic rings. The van der Waals surface area contributed by atoms with E-state index in [0.29, 0.717) is 6.42 Å². The van der Waals surface area contributed by atoms with Crippen LogP contribution < -0.4 is 4.74 Å². The summed E-state index contributed by atoms with van der Waals surface area (Å²) >= 11 is 1.59. The van der Waals surface area contributed by atoms with Gasteiger partial charge in [0, 0.05) is 10.4 Å². The number of aromatic nitrogens is 1. The third-order valence-electron chi connectivity index (χ3n) is 3.47. The quantitative estimate of drug-likeness (QED) is 0.935. The van der Waals surface area contributed by atoms with E-state index in [0.717, 1.165) is 33.3 Å². The summed E-state index contributed by atoms with van der Waals surface area (Å²) in [5, 5.41) is 10.1. The third-order valence-corrected chi connectivity index (χ3v) is 4.65. The molecule has 21 heavy (non-hydrogen) atoms. The van der Waals surface area contributed by atoms with Crippen LogP contribution in [0.1, 0.15) is 36.8 Å². The van der Waals surface area contributed by atoms with E-state index < -0.39 is 11.9 Å². The molecule has 4 nitrogen and oxygen atoms in total. The van der Waals surface area contributed by atoms with Gasteiger partial charge in [-0.1, -0.05) is 12.1 Å². The molecule has 1 unspecified atom stereocenters. The SMILES string of the molecule is CC(C)Oc1cccc(-c2nc3c(s2)CCC3C(=O)O)c1. The summed E-state index contributed by atoms with van der Waals surface area (Å²) in [5.74, 6) is -0.407. The highest BCUT2D eigenvalue weighted by atomic mass is 32.1. The molecule has 1 atom stereocenters. The zero-order valence-electron chi connectivity index (χ0n) is 12.0. The lowest BCUT2D eigenvalue weighted by Gasteiger charge is -2.10. The van der Waals surface area contributed by atoms with Crippen molar-refractivity contribution in [3.05, 3.63) is 34.8 Å². The van der Waals surface area contributed by atoms with E-state index in [-0.39, 0.29) is 6.10 Å². The molecule has 5 heteroatoms. The molecule has 1 aromatic carbocycles. The van der Waals surface area contributed by atoms with Gasteiger partial charge in [0.15, 0.2) is 0 Å². The van der Waals surface area contributed by atoms with E-state index in [1.807, 2.05) is 38.1 Å². The van der Waals surface area contributed by atoms with Crippen molar-refractivity contribution in [3.63, 3.8) is 0 Å². The number of carbonyl (C=O) groups is 1. The summed E-state index contributed by atoms with van der Waals surface area (Å²) in [6.07, 6.45) is 1.60. The summed E-state index contributed by atoms with van der Waals surface area (Å²) in [5.41, 5.74) is 1.73. The van der Waals surface area contributed by atoms with E-state index in [2.05, 4.69) is 4.98 Å². The lowest BCUT2D eigenvalue weighted by atomic mass is 10.1. The van der Waals surface area contributed by atoms with Crippen LogP contribution >= 0.6 is 11.3 Å². The van der Waals surface area contributed by atoms with Crippen molar-refractivity contribution in [1.29, 1.82) is 0 Å². The van der Waals surface area contributed by atoms with Crippen LogP contribution in [-0.2, 0) is 11.2 Å².